The lowest BCUT2D eigenvalue weighted by molar-refractivity contribution is 0.159. The predicted octanol–water partition coefficient (Wildman–Crippen LogP) is 4.01. The Morgan fingerprint density at radius 1 is 0.731 bits per heavy atom. The van der Waals surface area contributed by atoms with E-state index in [9.17, 15) is 0 Å². The predicted molar refractivity (Wildman–Crippen MR) is 113 cm³/mol. The van der Waals surface area contributed by atoms with E-state index >= 15 is 0 Å². The van der Waals surface area contributed by atoms with Gasteiger partial charge in [0.05, 0.1) is 13.2 Å². The van der Waals surface area contributed by atoms with Crippen molar-refractivity contribution in [3.63, 3.8) is 0 Å². The summed E-state index contributed by atoms with van der Waals surface area (Å²) in [5.41, 5.74) is 2.74. The van der Waals surface area contributed by atoms with Crippen LogP contribution in [0.2, 0.25) is 0 Å². The molecule has 0 aliphatic rings. The Balaban J connectivity index is 0.00000338. The second-order valence-electron chi connectivity index (χ2n) is 6.16. The molecule has 26 heavy (non-hydrogen) atoms. The van der Waals surface area contributed by atoms with Crippen LogP contribution in [-0.2, 0) is 12.2 Å². The van der Waals surface area contributed by atoms with Gasteiger partial charge in [-0.1, -0.05) is 42.5 Å². The van der Waals surface area contributed by atoms with Gasteiger partial charge in [0.1, 0.15) is 0 Å². The molecule has 0 bridgehead atoms. The average Bonchev–Trinajstić information content (AvgIpc) is 2.65. The van der Waals surface area contributed by atoms with E-state index < -0.39 is 0 Å². The highest BCUT2D eigenvalue weighted by Crippen LogP contribution is 2.22. The van der Waals surface area contributed by atoms with Gasteiger partial charge in [0.25, 0.3) is 0 Å². The first-order valence-electron chi connectivity index (χ1n) is 9.01. The number of hydrogen-bond acceptors (Lipinski definition) is 4. The van der Waals surface area contributed by atoms with E-state index in [0.29, 0.717) is 13.1 Å². The van der Waals surface area contributed by atoms with Gasteiger partial charge in [0, 0.05) is 23.7 Å². The van der Waals surface area contributed by atoms with Crippen LogP contribution in [0.25, 0.3) is 0 Å². The normalized spacial score (nSPS) is 10.7. The van der Waals surface area contributed by atoms with E-state index in [4.69, 9.17) is 10.2 Å². The van der Waals surface area contributed by atoms with Crippen molar-refractivity contribution in [1.82, 2.24) is 4.90 Å². The van der Waals surface area contributed by atoms with Crippen molar-refractivity contribution in [1.29, 1.82) is 0 Å². The number of benzene rings is 2. The molecule has 0 fully saturated rings. The molecule has 2 N–H and O–H groups in total. The summed E-state index contributed by atoms with van der Waals surface area (Å²) in [7, 11) is 0. The van der Waals surface area contributed by atoms with Crippen LogP contribution in [0.15, 0.2) is 59.5 Å². The third-order valence-electron chi connectivity index (χ3n) is 4.19. The number of aliphatic hydroxyl groups is 2. The maximum absolute atomic E-state index is 9.02. The summed E-state index contributed by atoms with van der Waals surface area (Å²) in [5.74, 6) is 1.00. The van der Waals surface area contributed by atoms with Crippen molar-refractivity contribution in [2.24, 2.45) is 0 Å². The van der Waals surface area contributed by atoms with Crippen LogP contribution < -0.4 is 0 Å². The Morgan fingerprint density at radius 3 is 1.96 bits per heavy atom. The molecule has 2 aromatic rings. The highest BCUT2D eigenvalue weighted by molar-refractivity contribution is 7.98. The topological polar surface area (TPSA) is 43.7 Å². The molecule has 0 aliphatic carbocycles. The van der Waals surface area contributed by atoms with Crippen molar-refractivity contribution >= 4 is 24.2 Å². The molecule has 0 saturated heterocycles. The van der Waals surface area contributed by atoms with Gasteiger partial charge in [-0.2, -0.15) is 0 Å². The number of halogens is 1. The van der Waals surface area contributed by atoms with E-state index in [1.54, 1.807) is 0 Å². The average molecular weight is 396 g/mol. The van der Waals surface area contributed by atoms with Crippen LogP contribution >= 0.6 is 24.2 Å². The van der Waals surface area contributed by atoms with Gasteiger partial charge in [0.2, 0.25) is 0 Å². The second kappa shape index (κ2) is 14.1. The molecule has 5 heteroatoms. The van der Waals surface area contributed by atoms with Crippen molar-refractivity contribution in [2.75, 3.05) is 32.8 Å². The first kappa shape index (κ1) is 23.0. The van der Waals surface area contributed by atoms with Crippen LogP contribution in [0.3, 0.4) is 0 Å². The molecule has 0 radical (unpaired) electrons. The fourth-order valence-electron chi connectivity index (χ4n) is 2.77. The fraction of sp³-hybridized carbons (Fsp3) is 0.429. The molecule has 0 saturated carbocycles. The summed E-state index contributed by atoms with van der Waals surface area (Å²) in [6.07, 6.45) is 3.30. The summed E-state index contributed by atoms with van der Waals surface area (Å²) in [6, 6.07) is 19.4. The number of hydrogen-bond donors (Lipinski definition) is 2. The Bertz CT molecular complexity index is 574. The zero-order chi connectivity index (χ0) is 17.7. The van der Waals surface area contributed by atoms with Gasteiger partial charge in [-0.25, -0.2) is 0 Å². The number of aryl methyl sites for hydroxylation is 1. The fourth-order valence-corrected chi connectivity index (χ4v) is 3.64. The van der Waals surface area contributed by atoms with Crippen LogP contribution in [0.4, 0.5) is 0 Å². The van der Waals surface area contributed by atoms with Crippen molar-refractivity contribution in [3.8, 4) is 0 Å². The number of rotatable bonds is 12. The van der Waals surface area contributed by atoms with Crippen LogP contribution in [0.5, 0.6) is 0 Å². The number of thioether (sulfide) groups is 1. The molecule has 3 nitrogen and oxygen atoms in total. The minimum Gasteiger partial charge on any atom is -0.395 e. The molecule has 144 valence electrons. The number of aliphatic hydroxyl groups excluding tert-OH is 2. The minimum atomic E-state index is 0. The van der Waals surface area contributed by atoms with E-state index in [-0.39, 0.29) is 25.6 Å². The smallest absolute Gasteiger partial charge is 0.0558 e. The van der Waals surface area contributed by atoms with E-state index in [2.05, 4.69) is 53.4 Å². The first-order valence-corrected chi connectivity index (χ1v) is 10.00. The van der Waals surface area contributed by atoms with Gasteiger partial charge < -0.3 is 10.2 Å². The maximum Gasteiger partial charge on any atom is 0.0558 e. The molecule has 0 unspecified atom stereocenters. The van der Waals surface area contributed by atoms with Crippen molar-refractivity contribution in [2.45, 2.75) is 29.9 Å². The van der Waals surface area contributed by atoms with Crippen molar-refractivity contribution in [3.05, 3.63) is 65.7 Å². The zero-order valence-electron chi connectivity index (χ0n) is 15.2. The summed E-state index contributed by atoms with van der Waals surface area (Å²) in [4.78, 5) is 3.42. The van der Waals surface area contributed by atoms with Gasteiger partial charge in [-0.15, -0.1) is 24.2 Å². The quantitative estimate of drug-likeness (QED) is 0.421. The van der Waals surface area contributed by atoms with Gasteiger partial charge in [-0.05, 0) is 49.1 Å². The number of nitrogens with zero attached hydrogens (tertiary/aromatic N) is 1. The lowest BCUT2D eigenvalue weighted by Crippen LogP contribution is -2.30. The molecule has 0 amide bonds. The molecular formula is C21H30ClNO2S. The summed E-state index contributed by atoms with van der Waals surface area (Å²) in [5, 5.41) is 18.0. The third kappa shape index (κ3) is 9.06. The molecule has 0 aliphatic heterocycles. The standard InChI is InChI=1S/C21H29NO2S.ClH/c23-16-14-22(15-17-24)13-5-4-6-19-9-11-20(12-10-19)18-25-21-7-2-1-3-8-21;/h1-3,7-12,23-24H,4-6,13-18H2;1H. The number of unbranched alkanes of at least 4 members (excludes halogenated alkanes) is 1. The molecule has 2 aromatic carbocycles. The Labute approximate surface area is 167 Å². The largest absolute Gasteiger partial charge is 0.395 e. The first-order chi connectivity index (χ1) is 12.3. The molecule has 0 atom stereocenters. The van der Waals surface area contributed by atoms with Crippen LogP contribution in [0.1, 0.15) is 24.0 Å². The van der Waals surface area contributed by atoms with Crippen LogP contribution in [-0.4, -0.2) is 48.0 Å². The Hall–Kier alpha value is -1.04. The van der Waals surface area contributed by atoms with E-state index in [0.717, 1.165) is 31.6 Å². The van der Waals surface area contributed by atoms with Gasteiger partial charge in [-0.3, -0.25) is 4.90 Å². The van der Waals surface area contributed by atoms with E-state index in [1.807, 2.05) is 17.8 Å². The Kier molecular flexibility index (Phi) is 12.4. The summed E-state index contributed by atoms with van der Waals surface area (Å²) in [6.45, 7) is 2.54. The molecule has 0 heterocycles. The van der Waals surface area contributed by atoms with Crippen LogP contribution in [0, 0.1) is 0 Å². The zero-order valence-corrected chi connectivity index (χ0v) is 16.9. The minimum absolute atomic E-state index is 0. The monoisotopic (exact) mass is 395 g/mol. The molecular weight excluding hydrogens is 366 g/mol. The second-order valence-corrected chi connectivity index (χ2v) is 7.21. The highest BCUT2D eigenvalue weighted by Gasteiger charge is 2.03. The summed E-state index contributed by atoms with van der Waals surface area (Å²) >= 11 is 1.87. The maximum atomic E-state index is 9.02. The van der Waals surface area contributed by atoms with Gasteiger partial charge in [0.15, 0.2) is 0 Å². The summed E-state index contributed by atoms with van der Waals surface area (Å²) < 4.78 is 0. The molecule has 0 aromatic heterocycles. The van der Waals surface area contributed by atoms with E-state index in [1.165, 1.54) is 16.0 Å². The SMILES string of the molecule is Cl.OCCN(CCO)CCCCc1ccc(CSc2ccccc2)cc1. The van der Waals surface area contributed by atoms with Crippen molar-refractivity contribution < 1.29 is 10.2 Å². The lowest BCUT2D eigenvalue weighted by Gasteiger charge is -2.19. The highest BCUT2D eigenvalue weighted by atomic mass is 35.5. The van der Waals surface area contributed by atoms with Gasteiger partial charge >= 0.3 is 0 Å². The Morgan fingerprint density at radius 2 is 1.35 bits per heavy atom. The molecule has 0 spiro atoms. The lowest BCUT2D eigenvalue weighted by atomic mass is 10.1. The third-order valence-corrected chi connectivity index (χ3v) is 5.28. The molecule has 2 rings (SSSR count).